The maximum absolute atomic E-state index is 13.8. The topological polar surface area (TPSA) is 49.4 Å². The minimum atomic E-state index is -0.902. The molecule has 1 heterocycles. The monoisotopic (exact) mass is 454 g/mol. The minimum absolute atomic E-state index is 0.0735. The van der Waals surface area contributed by atoms with Crippen LogP contribution in [0.25, 0.3) is 0 Å². The fourth-order valence-corrected chi connectivity index (χ4v) is 3.59. The molecule has 0 atom stereocenters. The van der Waals surface area contributed by atoms with Crippen LogP contribution in [0, 0.1) is 23.4 Å². The van der Waals surface area contributed by atoms with E-state index in [0.717, 1.165) is 16.6 Å². The summed E-state index contributed by atoms with van der Waals surface area (Å²) in [4.78, 5) is 26.2. The third kappa shape index (κ3) is 4.73. The van der Waals surface area contributed by atoms with Crippen LogP contribution in [-0.2, 0) is 11.3 Å². The summed E-state index contributed by atoms with van der Waals surface area (Å²) in [5, 5.41) is 2.72. The number of carbonyl (C=O) groups is 2. The zero-order valence-electron chi connectivity index (χ0n) is 14.9. The first kappa shape index (κ1) is 20.4. The third-order valence-corrected chi connectivity index (χ3v) is 5.27. The van der Waals surface area contributed by atoms with Crippen molar-refractivity contribution in [2.24, 2.45) is 5.92 Å². The van der Waals surface area contributed by atoms with Crippen LogP contribution in [0.4, 0.5) is 13.2 Å². The number of nitrogens with zero attached hydrogens (tertiary/aromatic N) is 1. The van der Waals surface area contributed by atoms with Gasteiger partial charge in [0.25, 0.3) is 5.91 Å². The first-order valence-corrected chi connectivity index (χ1v) is 9.60. The van der Waals surface area contributed by atoms with E-state index in [1.165, 1.54) is 11.0 Å². The van der Waals surface area contributed by atoms with E-state index in [2.05, 4.69) is 21.2 Å². The molecule has 1 N–H and O–H groups in total. The van der Waals surface area contributed by atoms with Gasteiger partial charge in [-0.25, -0.2) is 13.2 Å². The molecule has 0 aromatic heterocycles. The van der Waals surface area contributed by atoms with Crippen molar-refractivity contribution < 1.29 is 22.8 Å². The van der Waals surface area contributed by atoms with Crippen LogP contribution in [0.1, 0.15) is 28.8 Å². The van der Waals surface area contributed by atoms with Crippen molar-refractivity contribution in [1.82, 2.24) is 10.2 Å². The standard InChI is InChI=1S/C20H18BrF3N2O2/c21-14-1-4-17(23)13(9-14)11-25-19(27)12-5-7-26(8-6-12)20(28)16-3-2-15(22)10-18(16)24/h1-4,9-10,12H,5-8,11H2,(H,25,27). The van der Waals surface area contributed by atoms with Gasteiger partial charge >= 0.3 is 0 Å². The molecule has 1 aliphatic rings. The van der Waals surface area contributed by atoms with E-state index in [0.29, 0.717) is 37.6 Å². The number of benzene rings is 2. The number of likely N-dealkylation sites (tertiary alicyclic amines) is 1. The molecule has 4 nitrogen and oxygen atoms in total. The van der Waals surface area contributed by atoms with Gasteiger partial charge in [-0.15, -0.1) is 0 Å². The highest BCUT2D eigenvalue weighted by Gasteiger charge is 2.29. The number of piperidine rings is 1. The fourth-order valence-electron chi connectivity index (χ4n) is 3.18. The van der Waals surface area contributed by atoms with Crippen LogP contribution in [-0.4, -0.2) is 29.8 Å². The zero-order chi connectivity index (χ0) is 20.3. The highest BCUT2D eigenvalue weighted by Crippen LogP contribution is 2.21. The second-order valence-electron chi connectivity index (χ2n) is 6.64. The van der Waals surface area contributed by atoms with Gasteiger partial charge < -0.3 is 10.2 Å². The molecule has 0 aliphatic carbocycles. The molecule has 1 aliphatic heterocycles. The Labute approximate surface area is 168 Å². The molecule has 0 saturated carbocycles. The normalized spacial score (nSPS) is 14.8. The Morgan fingerprint density at radius 1 is 1.04 bits per heavy atom. The Bertz CT molecular complexity index is 899. The van der Waals surface area contributed by atoms with Crippen LogP contribution in [0.15, 0.2) is 40.9 Å². The maximum Gasteiger partial charge on any atom is 0.256 e. The van der Waals surface area contributed by atoms with Gasteiger partial charge in [-0.05, 0) is 43.2 Å². The van der Waals surface area contributed by atoms with Crippen molar-refractivity contribution >= 4 is 27.7 Å². The second kappa shape index (κ2) is 8.77. The summed E-state index contributed by atoms with van der Waals surface area (Å²) in [6, 6.07) is 7.35. The lowest BCUT2D eigenvalue weighted by atomic mass is 9.95. The van der Waals surface area contributed by atoms with Crippen LogP contribution in [0.5, 0.6) is 0 Å². The summed E-state index contributed by atoms with van der Waals surface area (Å²) in [6.07, 6.45) is 0.836. The molecule has 0 radical (unpaired) electrons. The largest absolute Gasteiger partial charge is 0.352 e. The van der Waals surface area contributed by atoms with Crippen molar-refractivity contribution in [2.45, 2.75) is 19.4 Å². The van der Waals surface area contributed by atoms with E-state index < -0.39 is 23.4 Å². The lowest BCUT2D eigenvalue weighted by Gasteiger charge is -2.31. The molecule has 3 rings (SSSR count). The smallest absolute Gasteiger partial charge is 0.256 e. The first-order valence-electron chi connectivity index (χ1n) is 8.81. The van der Waals surface area contributed by atoms with Crippen molar-refractivity contribution in [3.63, 3.8) is 0 Å². The maximum atomic E-state index is 13.8. The molecule has 0 bridgehead atoms. The lowest BCUT2D eigenvalue weighted by molar-refractivity contribution is -0.126. The predicted molar refractivity (Wildman–Crippen MR) is 101 cm³/mol. The number of hydrogen-bond donors (Lipinski definition) is 1. The van der Waals surface area contributed by atoms with Crippen LogP contribution >= 0.6 is 15.9 Å². The van der Waals surface area contributed by atoms with Crippen LogP contribution < -0.4 is 5.32 Å². The summed E-state index contributed by atoms with van der Waals surface area (Å²) < 4.78 is 41.3. The molecule has 148 valence electrons. The summed E-state index contributed by atoms with van der Waals surface area (Å²) in [5.41, 5.74) is 0.191. The Morgan fingerprint density at radius 2 is 1.75 bits per heavy atom. The van der Waals surface area contributed by atoms with E-state index in [1.54, 1.807) is 12.1 Å². The Balaban J connectivity index is 1.53. The number of carbonyl (C=O) groups excluding carboxylic acids is 2. The molecule has 0 unspecified atom stereocenters. The average molecular weight is 455 g/mol. The molecule has 2 amide bonds. The van der Waals surface area contributed by atoms with Crippen molar-refractivity contribution in [3.8, 4) is 0 Å². The van der Waals surface area contributed by atoms with Gasteiger partial charge in [0.05, 0.1) is 5.56 Å². The quantitative estimate of drug-likeness (QED) is 0.757. The van der Waals surface area contributed by atoms with E-state index >= 15 is 0 Å². The Kier molecular flexibility index (Phi) is 6.39. The van der Waals surface area contributed by atoms with Crippen molar-refractivity contribution in [3.05, 3.63) is 69.4 Å². The Hall–Kier alpha value is -2.35. The molecule has 2 aromatic rings. The van der Waals surface area contributed by atoms with Gasteiger partial charge in [-0.1, -0.05) is 15.9 Å². The highest BCUT2D eigenvalue weighted by molar-refractivity contribution is 9.10. The SMILES string of the molecule is O=C(NCc1cc(Br)ccc1F)C1CCN(C(=O)c2ccc(F)cc2F)CC1. The molecule has 28 heavy (non-hydrogen) atoms. The van der Waals surface area contributed by atoms with Gasteiger partial charge in [0.15, 0.2) is 0 Å². The van der Waals surface area contributed by atoms with Crippen LogP contribution in [0.3, 0.4) is 0 Å². The van der Waals surface area contributed by atoms with E-state index in [-0.39, 0.29) is 23.9 Å². The van der Waals surface area contributed by atoms with Crippen molar-refractivity contribution in [2.75, 3.05) is 13.1 Å². The molecular weight excluding hydrogens is 437 g/mol. The van der Waals surface area contributed by atoms with Crippen molar-refractivity contribution in [1.29, 1.82) is 0 Å². The number of rotatable bonds is 4. The third-order valence-electron chi connectivity index (χ3n) is 4.78. The first-order chi connectivity index (χ1) is 13.3. The molecule has 8 heteroatoms. The highest BCUT2D eigenvalue weighted by atomic mass is 79.9. The van der Waals surface area contributed by atoms with Gasteiger partial charge in [-0.2, -0.15) is 0 Å². The molecule has 0 spiro atoms. The number of halogens is 4. The Morgan fingerprint density at radius 3 is 2.43 bits per heavy atom. The van der Waals surface area contributed by atoms with Gasteiger partial charge in [0.1, 0.15) is 17.5 Å². The second-order valence-corrected chi connectivity index (χ2v) is 7.56. The predicted octanol–water partition coefficient (Wildman–Crippen LogP) is 4.04. The molecular formula is C20H18BrF3N2O2. The number of nitrogens with one attached hydrogen (secondary N) is 1. The molecule has 2 aromatic carbocycles. The number of hydrogen-bond acceptors (Lipinski definition) is 2. The van der Waals surface area contributed by atoms with Gasteiger partial charge in [-0.3, -0.25) is 9.59 Å². The zero-order valence-corrected chi connectivity index (χ0v) is 16.4. The van der Waals surface area contributed by atoms with Gasteiger partial charge in [0.2, 0.25) is 5.91 Å². The average Bonchev–Trinajstić information content (AvgIpc) is 2.68. The van der Waals surface area contributed by atoms with E-state index in [9.17, 15) is 22.8 Å². The van der Waals surface area contributed by atoms with E-state index in [4.69, 9.17) is 0 Å². The summed E-state index contributed by atoms with van der Waals surface area (Å²) >= 11 is 3.26. The number of amides is 2. The minimum Gasteiger partial charge on any atom is -0.352 e. The summed E-state index contributed by atoms with van der Waals surface area (Å²) in [7, 11) is 0. The summed E-state index contributed by atoms with van der Waals surface area (Å²) in [6.45, 7) is 0.655. The van der Waals surface area contributed by atoms with Crippen LogP contribution in [0.2, 0.25) is 0 Å². The van der Waals surface area contributed by atoms with Gasteiger partial charge in [0, 0.05) is 41.7 Å². The summed E-state index contributed by atoms with van der Waals surface area (Å²) in [5.74, 6) is -3.08. The molecule has 1 fully saturated rings. The fraction of sp³-hybridized carbons (Fsp3) is 0.300. The molecule has 1 saturated heterocycles. The van der Waals surface area contributed by atoms with E-state index in [1.807, 2.05) is 0 Å². The lowest BCUT2D eigenvalue weighted by Crippen LogP contribution is -2.43.